The summed E-state index contributed by atoms with van der Waals surface area (Å²) in [4.78, 5) is 10.5. The van der Waals surface area contributed by atoms with Crippen LogP contribution in [0.1, 0.15) is 58.3 Å². The van der Waals surface area contributed by atoms with Gasteiger partial charge in [-0.25, -0.2) is 0 Å². The van der Waals surface area contributed by atoms with Gasteiger partial charge in [0, 0.05) is 24.5 Å². The third kappa shape index (κ3) is 3.29. The van der Waals surface area contributed by atoms with Gasteiger partial charge in [0.1, 0.15) is 0 Å². The number of hydrogen-bond donors (Lipinski definition) is 2. The summed E-state index contributed by atoms with van der Waals surface area (Å²) in [6, 6.07) is 0.540. The Bertz CT molecular complexity index is 300. The molecule has 0 saturated heterocycles. The van der Waals surface area contributed by atoms with Crippen LogP contribution < -0.4 is 5.32 Å². The minimum absolute atomic E-state index is 0.265. The van der Waals surface area contributed by atoms with Crippen molar-refractivity contribution in [2.24, 2.45) is 5.41 Å². The third-order valence-corrected chi connectivity index (χ3v) is 4.90. The van der Waals surface area contributed by atoms with Crippen molar-refractivity contribution in [3.63, 3.8) is 0 Å². The molecule has 2 N–H and O–H groups in total. The molecule has 0 aromatic rings. The Morgan fingerprint density at radius 2 is 2.11 bits per heavy atom. The minimum atomic E-state index is -0.699. The lowest BCUT2D eigenvalue weighted by Gasteiger charge is -2.58. The Hall–Kier alpha value is -0.610. The van der Waals surface area contributed by atoms with Gasteiger partial charge in [-0.3, -0.25) is 4.79 Å². The van der Waals surface area contributed by atoms with Crippen molar-refractivity contribution in [2.75, 3.05) is 13.2 Å². The first-order valence-corrected chi connectivity index (χ1v) is 7.76. The topological polar surface area (TPSA) is 58.6 Å². The molecule has 1 spiro atoms. The van der Waals surface area contributed by atoms with Gasteiger partial charge in [0.2, 0.25) is 0 Å². The molecule has 0 bridgehead atoms. The first kappa shape index (κ1) is 14.8. The highest BCUT2D eigenvalue weighted by Crippen LogP contribution is 2.53. The second-order valence-corrected chi connectivity index (χ2v) is 5.98. The summed E-state index contributed by atoms with van der Waals surface area (Å²) in [5, 5.41) is 12.2. The highest BCUT2D eigenvalue weighted by molar-refractivity contribution is 5.66. The van der Waals surface area contributed by atoms with Crippen molar-refractivity contribution in [2.45, 2.75) is 70.4 Å². The first-order valence-electron chi connectivity index (χ1n) is 7.76. The fraction of sp³-hybridized carbons (Fsp3) is 0.933. The lowest BCUT2D eigenvalue weighted by molar-refractivity contribution is -0.150. The van der Waals surface area contributed by atoms with Gasteiger partial charge in [0.25, 0.3) is 0 Å². The number of carboxylic acids is 1. The van der Waals surface area contributed by atoms with Crippen LogP contribution in [-0.4, -0.2) is 36.4 Å². The number of ether oxygens (including phenoxy) is 1. The molecule has 2 saturated carbocycles. The predicted molar refractivity (Wildman–Crippen MR) is 74.2 cm³/mol. The van der Waals surface area contributed by atoms with E-state index in [4.69, 9.17) is 9.84 Å². The normalized spacial score (nSPS) is 29.1. The van der Waals surface area contributed by atoms with E-state index in [0.29, 0.717) is 17.6 Å². The average molecular weight is 269 g/mol. The molecule has 2 aliphatic carbocycles. The van der Waals surface area contributed by atoms with Crippen LogP contribution in [0.3, 0.4) is 0 Å². The van der Waals surface area contributed by atoms with Gasteiger partial charge in [0.05, 0.1) is 6.10 Å². The smallest absolute Gasteiger partial charge is 0.303 e. The Morgan fingerprint density at radius 3 is 2.74 bits per heavy atom. The number of hydrogen-bond acceptors (Lipinski definition) is 3. The van der Waals surface area contributed by atoms with E-state index >= 15 is 0 Å². The summed E-state index contributed by atoms with van der Waals surface area (Å²) in [5.74, 6) is -0.699. The van der Waals surface area contributed by atoms with Crippen molar-refractivity contribution in [1.82, 2.24) is 5.32 Å². The van der Waals surface area contributed by atoms with Crippen LogP contribution in [0.25, 0.3) is 0 Å². The zero-order valence-electron chi connectivity index (χ0n) is 12.0. The van der Waals surface area contributed by atoms with Crippen LogP contribution in [-0.2, 0) is 9.53 Å². The van der Waals surface area contributed by atoms with Crippen LogP contribution in [0.15, 0.2) is 0 Å². The summed E-state index contributed by atoms with van der Waals surface area (Å²) in [7, 11) is 0. The molecule has 2 rings (SSSR count). The quantitative estimate of drug-likeness (QED) is 0.697. The van der Waals surface area contributed by atoms with Gasteiger partial charge in [-0.2, -0.15) is 0 Å². The number of aliphatic carboxylic acids is 1. The number of nitrogens with one attached hydrogen (secondary N) is 1. The molecule has 0 heterocycles. The van der Waals surface area contributed by atoms with E-state index in [1.54, 1.807) is 0 Å². The summed E-state index contributed by atoms with van der Waals surface area (Å²) >= 11 is 0. The molecular formula is C15H27NO3. The van der Waals surface area contributed by atoms with Crippen LogP contribution in [0.5, 0.6) is 0 Å². The standard InChI is InChI=1S/C15H27NO3/c1-2-19-13-11-12(16-10-6-7-14(17)18)15(13)8-4-3-5-9-15/h12-13,16H,2-11H2,1H3,(H,17,18). The maximum Gasteiger partial charge on any atom is 0.303 e. The van der Waals surface area contributed by atoms with Gasteiger partial charge in [-0.1, -0.05) is 19.3 Å². The average Bonchev–Trinajstić information content (AvgIpc) is 2.41. The molecule has 4 heteroatoms. The summed E-state index contributed by atoms with van der Waals surface area (Å²) in [6.45, 7) is 3.69. The second-order valence-electron chi connectivity index (χ2n) is 5.98. The minimum Gasteiger partial charge on any atom is -0.481 e. The largest absolute Gasteiger partial charge is 0.481 e. The van der Waals surface area contributed by atoms with Crippen molar-refractivity contribution >= 4 is 5.97 Å². The fourth-order valence-corrected chi connectivity index (χ4v) is 3.87. The molecule has 2 fully saturated rings. The maximum absolute atomic E-state index is 10.5. The van der Waals surface area contributed by atoms with Crippen LogP contribution >= 0.6 is 0 Å². The molecule has 2 aliphatic rings. The lowest BCUT2D eigenvalue weighted by atomic mass is 9.55. The molecule has 110 valence electrons. The van der Waals surface area contributed by atoms with Gasteiger partial charge in [-0.15, -0.1) is 0 Å². The van der Waals surface area contributed by atoms with E-state index in [1.807, 2.05) is 0 Å². The Balaban J connectivity index is 1.81. The van der Waals surface area contributed by atoms with E-state index in [-0.39, 0.29) is 6.42 Å². The SMILES string of the molecule is CCOC1CC(NCCCC(=O)O)C12CCCCC2. The zero-order chi connectivity index (χ0) is 13.7. The highest BCUT2D eigenvalue weighted by Gasteiger charge is 2.55. The summed E-state index contributed by atoms with van der Waals surface area (Å²) < 4.78 is 5.91. The Kier molecular flexibility index (Phi) is 5.22. The van der Waals surface area contributed by atoms with E-state index in [1.165, 1.54) is 32.1 Å². The highest BCUT2D eigenvalue weighted by atomic mass is 16.5. The van der Waals surface area contributed by atoms with Crippen molar-refractivity contribution in [1.29, 1.82) is 0 Å². The maximum atomic E-state index is 10.5. The van der Waals surface area contributed by atoms with Crippen LogP contribution in [0.2, 0.25) is 0 Å². The molecule has 0 amide bonds. The molecule has 0 aromatic carbocycles. The first-order chi connectivity index (χ1) is 9.19. The fourth-order valence-electron chi connectivity index (χ4n) is 3.87. The zero-order valence-corrected chi connectivity index (χ0v) is 12.0. The number of rotatable bonds is 7. The third-order valence-electron chi connectivity index (χ3n) is 4.90. The summed E-state index contributed by atoms with van der Waals surface area (Å²) in [6.07, 6.45) is 9.04. The van der Waals surface area contributed by atoms with E-state index in [2.05, 4.69) is 12.2 Å². The summed E-state index contributed by atoms with van der Waals surface area (Å²) in [5.41, 5.74) is 0.345. The second kappa shape index (κ2) is 6.71. The Labute approximate surface area is 115 Å². The lowest BCUT2D eigenvalue weighted by Crippen LogP contribution is -2.64. The number of carbonyl (C=O) groups is 1. The van der Waals surface area contributed by atoms with Crippen molar-refractivity contribution in [3.8, 4) is 0 Å². The predicted octanol–water partition coefficient (Wildman–Crippen LogP) is 2.57. The Morgan fingerprint density at radius 1 is 1.37 bits per heavy atom. The molecule has 0 aliphatic heterocycles. The van der Waals surface area contributed by atoms with E-state index in [0.717, 1.165) is 26.0 Å². The van der Waals surface area contributed by atoms with Crippen molar-refractivity contribution < 1.29 is 14.6 Å². The van der Waals surface area contributed by atoms with Gasteiger partial charge in [-0.05, 0) is 39.2 Å². The molecule has 0 aromatic heterocycles. The molecule has 2 atom stereocenters. The van der Waals surface area contributed by atoms with E-state index in [9.17, 15) is 4.79 Å². The van der Waals surface area contributed by atoms with Crippen LogP contribution in [0, 0.1) is 5.41 Å². The number of carboxylic acid groups (broad SMARTS) is 1. The monoisotopic (exact) mass is 269 g/mol. The molecular weight excluding hydrogens is 242 g/mol. The van der Waals surface area contributed by atoms with Crippen LogP contribution in [0.4, 0.5) is 0 Å². The molecule has 2 unspecified atom stereocenters. The molecule has 4 nitrogen and oxygen atoms in total. The van der Waals surface area contributed by atoms with Gasteiger partial charge < -0.3 is 15.2 Å². The van der Waals surface area contributed by atoms with Gasteiger partial charge in [0.15, 0.2) is 0 Å². The molecule has 0 radical (unpaired) electrons. The van der Waals surface area contributed by atoms with Gasteiger partial charge >= 0.3 is 5.97 Å². The van der Waals surface area contributed by atoms with E-state index < -0.39 is 5.97 Å². The molecule has 19 heavy (non-hydrogen) atoms. The van der Waals surface area contributed by atoms with Crippen molar-refractivity contribution in [3.05, 3.63) is 0 Å².